The average molecular weight is 226 g/mol. The van der Waals surface area contributed by atoms with Gasteiger partial charge >= 0.3 is 5.97 Å². The Bertz CT molecular complexity index is 385. The SMILES string of the molecule is CCn1nc(C)c([C@@H](O)CC(=O)OC)c1C. The zero-order valence-corrected chi connectivity index (χ0v) is 10.1. The van der Waals surface area contributed by atoms with Crippen LogP contribution in [0.5, 0.6) is 0 Å². The summed E-state index contributed by atoms with van der Waals surface area (Å²) in [7, 11) is 1.31. The predicted octanol–water partition coefficient (Wildman–Crippen LogP) is 1.12. The molecule has 1 N–H and O–H groups in total. The molecule has 0 spiro atoms. The Labute approximate surface area is 95.0 Å². The smallest absolute Gasteiger partial charge is 0.308 e. The van der Waals surface area contributed by atoms with Crippen molar-refractivity contribution in [3.8, 4) is 0 Å². The molecule has 0 aliphatic carbocycles. The summed E-state index contributed by atoms with van der Waals surface area (Å²) in [5.74, 6) is -0.421. The molecule has 0 aliphatic rings. The highest BCUT2D eigenvalue weighted by molar-refractivity contribution is 5.70. The molecule has 0 radical (unpaired) electrons. The van der Waals surface area contributed by atoms with Crippen LogP contribution in [0.4, 0.5) is 0 Å². The van der Waals surface area contributed by atoms with Gasteiger partial charge in [-0.25, -0.2) is 0 Å². The van der Waals surface area contributed by atoms with Gasteiger partial charge in [-0.3, -0.25) is 9.48 Å². The van der Waals surface area contributed by atoms with E-state index in [0.29, 0.717) is 0 Å². The summed E-state index contributed by atoms with van der Waals surface area (Å²) < 4.78 is 6.34. The van der Waals surface area contributed by atoms with Crippen molar-refractivity contribution in [2.75, 3.05) is 7.11 Å². The van der Waals surface area contributed by atoms with Crippen LogP contribution in [0, 0.1) is 13.8 Å². The summed E-state index contributed by atoms with van der Waals surface area (Å²) in [4.78, 5) is 11.1. The summed E-state index contributed by atoms with van der Waals surface area (Å²) in [6, 6.07) is 0. The van der Waals surface area contributed by atoms with E-state index >= 15 is 0 Å². The molecule has 0 saturated heterocycles. The van der Waals surface area contributed by atoms with Crippen molar-refractivity contribution < 1.29 is 14.6 Å². The molecular formula is C11H18N2O3. The van der Waals surface area contributed by atoms with Crippen LogP contribution in [0.3, 0.4) is 0 Å². The molecule has 1 heterocycles. The fourth-order valence-electron chi connectivity index (χ4n) is 1.84. The van der Waals surface area contributed by atoms with Crippen LogP contribution in [0.25, 0.3) is 0 Å². The normalized spacial score (nSPS) is 12.6. The average Bonchev–Trinajstić information content (AvgIpc) is 2.53. The second kappa shape index (κ2) is 5.12. The molecule has 1 aromatic heterocycles. The number of hydrogen-bond acceptors (Lipinski definition) is 4. The fraction of sp³-hybridized carbons (Fsp3) is 0.636. The summed E-state index contributed by atoms with van der Waals surface area (Å²) in [6.07, 6.45) is -0.874. The molecule has 0 aromatic carbocycles. The number of carbonyl (C=O) groups is 1. The Balaban J connectivity index is 2.94. The second-order valence-corrected chi connectivity index (χ2v) is 3.70. The first kappa shape index (κ1) is 12.7. The summed E-state index contributed by atoms with van der Waals surface area (Å²) in [6.45, 7) is 6.45. The van der Waals surface area contributed by atoms with Gasteiger partial charge in [0.25, 0.3) is 0 Å². The van der Waals surface area contributed by atoms with Crippen molar-refractivity contribution in [3.05, 3.63) is 17.0 Å². The molecular weight excluding hydrogens is 208 g/mol. The molecule has 16 heavy (non-hydrogen) atoms. The first-order valence-corrected chi connectivity index (χ1v) is 5.30. The summed E-state index contributed by atoms with van der Waals surface area (Å²) in [5.41, 5.74) is 2.39. The van der Waals surface area contributed by atoms with Gasteiger partial charge in [0.2, 0.25) is 0 Å². The Morgan fingerprint density at radius 1 is 1.56 bits per heavy atom. The van der Waals surface area contributed by atoms with Crippen LogP contribution in [0.1, 0.15) is 36.4 Å². The number of aromatic nitrogens is 2. The largest absolute Gasteiger partial charge is 0.469 e. The van der Waals surface area contributed by atoms with E-state index in [1.807, 2.05) is 25.5 Å². The standard InChI is InChI=1S/C11H18N2O3/c1-5-13-8(3)11(7(2)12-13)9(14)6-10(15)16-4/h9,14H,5-6H2,1-4H3/t9-/m0/s1. The zero-order chi connectivity index (χ0) is 12.3. The highest BCUT2D eigenvalue weighted by Crippen LogP contribution is 2.24. The minimum Gasteiger partial charge on any atom is -0.469 e. The van der Waals surface area contributed by atoms with E-state index in [2.05, 4.69) is 9.84 Å². The van der Waals surface area contributed by atoms with Gasteiger partial charge in [0, 0.05) is 17.8 Å². The highest BCUT2D eigenvalue weighted by atomic mass is 16.5. The van der Waals surface area contributed by atoms with Gasteiger partial charge in [-0.05, 0) is 20.8 Å². The van der Waals surface area contributed by atoms with Crippen molar-refractivity contribution in [1.29, 1.82) is 0 Å². The van der Waals surface area contributed by atoms with Crippen molar-refractivity contribution in [2.24, 2.45) is 0 Å². The first-order chi connectivity index (χ1) is 7.51. The van der Waals surface area contributed by atoms with Crippen LogP contribution in [-0.4, -0.2) is 28.0 Å². The molecule has 5 heteroatoms. The number of rotatable bonds is 4. The number of methoxy groups -OCH3 is 1. The summed E-state index contributed by atoms with van der Waals surface area (Å²) in [5, 5.41) is 14.2. The van der Waals surface area contributed by atoms with Gasteiger partial charge in [0.15, 0.2) is 0 Å². The van der Waals surface area contributed by atoms with E-state index in [0.717, 1.165) is 23.5 Å². The number of hydrogen-bond donors (Lipinski definition) is 1. The molecule has 0 unspecified atom stereocenters. The molecule has 0 aliphatic heterocycles. The van der Waals surface area contributed by atoms with E-state index < -0.39 is 12.1 Å². The number of ether oxygens (including phenoxy) is 1. The van der Waals surface area contributed by atoms with Crippen molar-refractivity contribution in [1.82, 2.24) is 9.78 Å². The van der Waals surface area contributed by atoms with E-state index in [1.54, 1.807) is 0 Å². The predicted molar refractivity (Wildman–Crippen MR) is 59.0 cm³/mol. The van der Waals surface area contributed by atoms with Crippen LogP contribution in [0.2, 0.25) is 0 Å². The molecule has 90 valence electrons. The highest BCUT2D eigenvalue weighted by Gasteiger charge is 2.21. The Morgan fingerprint density at radius 3 is 2.62 bits per heavy atom. The molecule has 0 bridgehead atoms. The number of carbonyl (C=O) groups excluding carboxylic acids is 1. The quantitative estimate of drug-likeness (QED) is 0.781. The van der Waals surface area contributed by atoms with Crippen LogP contribution >= 0.6 is 0 Å². The van der Waals surface area contributed by atoms with E-state index in [9.17, 15) is 9.90 Å². The van der Waals surface area contributed by atoms with Crippen LogP contribution in [0.15, 0.2) is 0 Å². The van der Waals surface area contributed by atoms with Gasteiger partial charge in [0.1, 0.15) is 0 Å². The third kappa shape index (κ3) is 2.41. The molecule has 1 aromatic rings. The lowest BCUT2D eigenvalue weighted by Crippen LogP contribution is -2.10. The van der Waals surface area contributed by atoms with E-state index in [-0.39, 0.29) is 6.42 Å². The maximum atomic E-state index is 11.1. The maximum absolute atomic E-state index is 11.1. The molecule has 5 nitrogen and oxygen atoms in total. The lowest BCUT2D eigenvalue weighted by Gasteiger charge is -2.10. The minimum absolute atomic E-state index is 0.0341. The maximum Gasteiger partial charge on any atom is 0.308 e. The van der Waals surface area contributed by atoms with E-state index in [1.165, 1.54) is 7.11 Å². The van der Waals surface area contributed by atoms with Gasteiger partial charge in [-0.2, -0.15) is 5.10 Å². The number of aryl methyl sites for hydroxylation is 2. The number of nitrogens with zero attached hydrogens (tertiary/aromatic N) is 2. The third-order valence-electron chi connectivity index (χ3n) is 2.66. The van der Waals surface area contributed by atoms with Crippen molar-refractivity contribution >= 4 is 5.97 Å². The molecule has 0 fully saturated rings. The van der Waals surface area contributed by atoms with Crippen LogP contribution in [-0.2, 0) is 16.1 Å². The monoisotopic (exact) mass is 226 g/mol. The van der Waals surface area contributed by atoms with Gasteiger partial charge in [0.05, 0.1) is 25.3 Å². The number of esters is 1. The van der Waals surface area contributed by atoms with Crippen LogP contribution < -0.4 is 0 Å². The Hall–Kier alpha value is -1.36. The summed E-state index contributed by atoms with van der Waals surface area (Å²) >= 11 is 0. The topological polar surface area (TPSA) is 64.3 Å². The number of aliphatic hydroxyl groups is 1. The Morgan fingerprint density at radius 2 is 2.19 bits per heavy atom. The lowest BCUT2D eigenvalue weighted by molar-refractivity contribution is -0.142. The molecule has 0 saturated carbocycles. The molecule has 0 amide bonds. The molecule has 1 rings (SSSR count). The fourth-order valence-corrected chi connectivity index (χ4v) is 1.84. The Kier molecular flexibility index (Phi) is 4.06. The lowest BCUT2D eigenvalue weighted by atomic mass is 10.0. The molecule has 1 atom stereocenters. The van der Waals surface area contributed by atoms with Gasteiger partial charge < -0.3 is 9.84 Å². The zero-order valence-electron chi connectivity index (χ0n) is 10.1. The number of aliphatic hydroxyl groups excluding tert-OH is 1. The third-order valence-corrected chi connectivity index (χ3v) is 2.66. The van der Waals surface area contributed by atoms with Gasteiger partial charge in [-0.1, -0.05) is 0 Å². The van der Waals surface area contributed by atoms with E-state index in [4.69, 9.17) is 0 Å². The first-order valence-electron chi connectivity index (χ1n) is 5.30. The van der Waals surface area contributed by atoms with Crippen molar-refractivity contribution in [2.45, 2.75) is 39.8 Å². The minimum atomic E-state index is -0.840. The van der Waals surface area contributed by atoms with Gasteiger partial charge in [-0.15, -0.1) is 0 Å². The van der Waals surface area contributed by atoms with Crippen molar-refractivity contribution in [3.63, 3.8) is 0 Å². The second-order valence-electron chi connectivity index (χ2n) is 3.70.